The topological polar surface area (TPSA) is 77.1 Å². The number of hydrogen-bond acceptors (Lipinski definition) is 4. The van der Waals surface area contributed by atoms with Crippen LogP contribution in [0.4, 0.5) is 13.2 Å². The summed E-state index contributed by atoms with van der Waals surface area (Å²) in [4.78, 5) is 0. The largest absolute Gasteiger partial charge is 0.490 e. The predicted octanol–water partition coefficient (Wildman–Crippen LogP) is 2.39. The van der Waals surface area contributed by atoms with Crippen LogP contribution in [0.3, 0.4) is 0 Å². The summed E-state index contributed by atoms with van der Waals surface area (Å²) in [5, 5.41) is 11.6. The second kappa shape index (κ2) is 7.20. The van der Waals surface area contributed by atoms with Crippen molar-refractivity contribution in [3.8, 4) is 5.75 Å². The van der Waals surface area contributed by atoms with Gasteiger partial charge in [0, 0.05) is 0 Å². The number of benzene rings is 1. The maximum atomic E-state index is 11.8. The second-order valence-corrected chi connectivity index (χ2v) is 4.02. The number of nitrogens with zero attached hydrogens (tertiary/aromatic N) is 1. The van der Waals surface area contributed by atoms with Crippen molar-refractivity contribution in [3.05, 3.63) is 28.8 Å². The van der Waals surface area contributed by atoms with Crippen molar-refractivity contribution < 1.29 is 27.9 Å². The molecule has 0 saturated carbocycles. The Hall–Kier alpha value is -1.67. The van der Waals surface area contributed by atoms with Gasteiger partial charge in [0.25, 0.3) is 0 Å². The zero-order valence-electron chi connectivity index (χ0n) is 10.2. The van der Waals surface area contributed by atoms with E-state index in [0.717, 1.165) is 0 Å². The number of ether oxygens (including phenoxy) is 2. The van der Waals surface area contributed by atoms with Crippen LogP contribution in [-0.2, 0) is 4.74 Å². The summed E-state index contributed by atoms with van der Waals surface area (Å²) >= 11 is 5.87. The molecule has 3 N–H and O–H groups in total. The van der Waals surface area contributed by atoms with Crippen LogP contribution in [0.1, 0.15) is 5.56 Å². The van der Waals surface area contributed by atoms with Crippen LogP contribution >= 0.6 is 11.6 Å². The van der Waals surface area contributed by atoms with E-state index in [9.17, 15) is 13.2 Å². The molecule has 1 rings (SSSR count). The fourth-order valence-corrected chi connectivity index (χ4v) is 1.58. The van der Waals surface area contributed by atoms with E-state index in [1.807, 2.05) is 0 Å². The smallest absolute Gasteiger partial charge is 0.411 e. The van der Waals surface area contributed by atoms with E-state index in [2.05, 4.69) is 9.89 Å². The molecule has 5 nitrogen and oxygen atoms in total. The Labute approximate surface area is 117 Å². The Bertz CT molecular complexity index is 480. The van der Waals surface area contributed by atoms with Gasteiger partial charge in [-0.1, -0.05) is 22.8 Å². The average Bonchev–Trinajstić information content (AvgIpc) is 2.36. The van der Waals surface area contributed by atoms with Crippen LogP contribution in [0.25, 0.3) is 0 Å². The highest BCUT2D eigenvalue weighted by Gasteiger charge is 2.27. The van der Waals surface area contributed by atoms with Crippen molar-refractivity contribution in [2.24, 2.45) is 10.9 Å². The van der Waals surface area contributed by atoms with Crippen LogP contribution < -0.4 is 10.5 Å². The molecular formula is C11H12ClF3N2O3. The summed E-state index contributed by atoms with van der Waals surface area (Å²) in [6.45, 7) is -1.75. The normalized spacial score (nSPS) is 12.5. The number of halogens is 4. The molecule has 0 aliphatic carbocycles. The molecule has 112 valence electrons. The molecule has 0 spiro atoms. The lowest BCUT2D eigenvalue weighted by atomic mass is 10.2. The summed E-state index contributed by atoms with van der Waals surface area (Å²) in [5.74, 6) is -0.0785. The summed E-state index contributed by atoms with van der Waals surface area (Å²) in [6, 6.07) is 4.55. The monoisotopic (exact) mass is 312 g/mol. The molecule has 0 unspecified atom stereocenters. The molecular weight excluding hydrogens is 301 g/mol. The van der Waals surface area contributed by atoms with Crippen LogP contribution in [-0.4, -0.2) is 37.0 Å². The lowest BCUT2D eigenvalue weighted by molar-refractivity contribution is -0.175. The number of nitrogens with two attached hydrogens (primary N) is 1. The highest BCUT2D eigenvalue weighted by atomic mass is 35.5. The van der Waals surface area contributed by atoms with Crippen molar-refractivity contribution in [1.82, 2.24) is 0 Å². The Morgan fingerprint density at radius 3 is 2.65 bits per heavy atom. The van der Waals surface area contributed by atoms with E-state index < -0.39 is 12.8 Å². The van der Waals surface area contributed by atoms with Gasteiger partial charge in [-0.15, -0.1) is 0 Å². The highest BCUT2D eigenvalue weighted by Crippen LogP contribution is 2.26. The van der Waals surface area contributed by atoms with Crippen molar-refractivity contribution >= 4 is 17.4 Å². The molecule has 0 radical (unpaired) electrons. The number of hydrogen-bond donors (Lipinski definition) is 2. The van der Waals surface area contributed by atoms with Gasteiger partial charge in [-0.05, 0) is 12.1 Å². The Balaban J connectivity index is 2.59. The van der Waals surface area contributed by atoms with Gasteiger partial charge in [0.05, 0.1) is 17.2 Å². The standard InChI is InChI=1S/C11H12ClF3N2O3/c12-7-2-1-3-8(9(7)10(16)17-18)20-5-4-19-6-11(13,14)15/h1-3,18H,4-6H2,(H2,16,17). The van der Waals surface area contributed by atoms with Crippen molar-refractivity contribution in [1.29, 1.82) is 0 Å². The third kappa shape index (κ3) is 5.14. The average molecular weight is 313 g/mol. The van der Waals surface area contributed by atoms with Gasteiger partial charge in [-0.2, -0.15) is 13.2 Å². The van der Waals surface area contributed by atoms with Crippen molar-refractivity contribution in [2.75, 3.05) is 19.8 Å². The Morgan fingerprint density at radius 2 is 2.05 bits per heavy atom. The molecule has 9 heteroatoms. The quantitative estimate of drug-likeness (QED) is 0.278. The molecule has 0 fully saturated rings. The van der Waals surface area contributed by atoms with Crippen LogP contribution in [0, 0.1) is 0 Å². The molecule has 0 bridgehead atoms. The first kappa shape index (κ1) is 16.4. The van der Waals surface area contributed by atoms with Gasteiger partial charge < -0.3 is 20.4 Å². The Morgan fingerprint density at radius 1 is 1.35 bits per heavy atom. The number of oxime groups is 1. The fraction of sp³-hybridized carbons (Fsp3) is 0.364. The van der Waals surface area contributed by atoms with Crippen LogP contribution in [0.2, 0.25) is 5.02 Å². The van der Waals surface area contributed by atoms with Gasteiger partial charge in [0.2, 0.25) is 0 Å². The maximum absolute atomic E-state index is 11.8. The maximum Gasteiger partial charge on any atom is 0.411 e. The number of rotatable bonds is 6. The summed E-state index contributed by atoms with van der Waals surface area (Å²) in [5.41, 5.74) is 5.60. The minimum absolute atomic E-state index is 0.137. The van der Waals surface area contributed by atoms with Crippen molar-refractivity contribution in [2.45, 2.75) is 6.18 Å². The zero-order chi connectivity index (χ0) is 15.2. The molecule has 1 aromatic rings. The first-order valence-corrected chi connectivity index (χ1v) is 5.76. The first-order valence-electron chi connectivity index (χ1n) is 5.39. The third-order valence-electron chi connectivity index (χ3n) is 2.09. The molecule has 0 aliphatic rings. The molecule has 0 atom stereocenters. The van der Waals surface area contributed by atoms with Gasteiger partial charge in [-0.3, -0.25) is 0 Å². The van der Waals surface area contributed by atoms with E-state index in [4.69, 9.17) is 27.3 Å². The highest BCUT2D eigenvalue weighted by molar-refractivity contribution is 6.34. The Kier molecular flexibility index (Phi) is 5.90. The SMILES string of the molecule is N/C(=N/O)c1c(Cl)cccc1OCCOCC(F)(F)F. The summed E-state index contributed by atoms with van der Waals surface area (Å²) in [6.07, 6.45) is -4.38. The molecule has 1 aromatic carbocycles. The minimum Gasteiger partial charge on any atom is -0.490 e. The van der Waals surface area contributed by atoms with Gasteiger partial charge in [-0.25, -0.2) is 0 Å². The second-order valence-electron chi connectivity index (χ2n) is 3.61. The molecule has 0 heterocycles. The van der Waals surface area contributed by atoms with Crippen LogP contribution in [0.5, 0.6) is 5.75 Å². The summed E-state index contributed by atoms with van der Waals surface area (Å²) < 4.78 is 45.1. The third-order valence-corrected chi connectivity index (χ3v) is 2.41. The van der Waals surface area contributed by atoms with E-state index >= 15 is 0 Å². The van der Waals surface area contributed by atoms with E-state index in [1.54, 1.807) is 6.07 Å². The zero-order valence-corrected chi connectivity index (χ0v) is 10.9. The lowest BCUT2D eigenvalue weighted by Crippen LogP contribution is -2.20. The fourth-order valence-electron chi connectivity index (χ4n) is 1.32. The van der Waals surface area contributed by atoms with E-state index in [1.165, 1.54) is 12.1 Å². The van der Waals surface area contributed by atoms with E-state index in [-0.39, 0.29) is 35.4 Å². The lowest BCUT2D eigenvalue weighted by Gasteiger charge is -2.12. The van der Waals surface area contributed by atoms with E-state index in [0.29, 0.717) is 0 Å². The summed E-state index contributed by atoms with van der Waals surface area (Å²) in [7, 11) is 0. The van der Waals surface area contributed by atoms with Crippen molar-refractivity contribution in [3.63, 3.8) is 0 Å². The molecule has 0 aromatic heterocycles. The first-order chi connectivity index (χ1) is 9.35. The molecule has 0 amide bonds. The van der Waals surface area contributed by atoms with Gasteiger partial charge >= 0.3 is 6.18 Å². The minimum atomic E-state index is -4.38. The molecule has 0 saturated heterocycles. The number of alkyl halides is 3. The van der Waals surface area contributed by atoms with Crippen LogP contribution in [0.15, 0.2) is 23.4 Å². The van der Waals surface area contributed by atoms with Gasteiger partial charge in [0.15, 0.2) is 5.84 Å². The predicted molar refractivity (Wildman–Crippen MR) is 66.3 cm³/mol. The van der Waals surface area contributed by atoms with Gasteiger partial charge in [0.1, 0.15) is 19.0 Å². The molecule has 0 aliphatic heterocycles. The molecule has 20 heavy (non-hydrogen) atoms. The number of amidine groups is 1.